The van der Waals surface area contributed by atoms with Crippen LogP contribution in [-0.2, 0) is 4.37 Å². The first-order valence-electron chi connectivity index (χ1n) is 3.01. The molecule has 0 radical (unpaired) electrons. The van der Waals surface area contributed by atoms with Crippen molar-refractivity contribution in [3.05, 3.63) is 0 Å². The largest absolute Gasteiger partial charge is 0.376 e. The van der Waals surface area contributed by atoms with Gasteiger partial charge in [0, 0.05) is 0 Å². The van der Waals surface area contributed by atoms with Crippen molar-refractivity contribution in [1.29, 1.82) is 0 Å². The van der Waals surface area contributed by atoms with E-state index in [2.05, 4.69) is 25.6 Å². The van der Waals surface area contributed by atoms with E-state index < -0.39 is 0 Å². The molecule has 1 aliphatic rings. The summed E-state index contributed by atoms with van der Waals surface area (Å²) in [5, 5.41) is 0. The van der Waals surface area contributed by atoms with Crippen molar-refractivity contribution in [3.63, 3.8) is 0 Å². The minimum Gasteiger partial charge on any atom is -0.376 e. The van der Waals surface area contributed by atoms with Crippen LogP contribution in [0.25, 0.3) is 0 Å². The number of rotatable bonds is 0. The van der Waals surface area contributed by atoms with Gasteiger partial charge in [-0.1, -0.05) is 0 Å². The van der Waals surface area contributed by atoms with Crippen LogP contribution in [0, 0.1) is 0 Å². The summed E-state index contributed by atoms with van der Waals surface area (Å²) in [7, 11) is 6.58. The van der Waals surface area contributed by atoms with Crippen molar-refractivity contribution < 1.29 is 8.85 Å². The van der Waals surface area contributed by atoms with E-state index in [1.807, 2.05) is 0 Å². The van der Waals surface area contributed by atoms with Gasteiger partial charge in [-0.05, 0) is 0 Å². The van der Waals surface area contributed by atoms with E-state index >= 15 is 0 Å². The lowest BCUT2D eigenvalue weighted by Crippen LogP contribution is -2.36. The molecule has 0 atom stereocenters. The molecule has 0 aromatic rings. The second kappa shape index (κ2) is 1.71. The van der Waals surface area contributed by atoms with Gasteiger partial charge in [0.1, 0.15) is 7.11 Å². The molecule has 0 spiro atoms. The monoisotopic (exact) mass is 117 g/mol. The van der Waals surface area contributed by atoms with Gasteiger partial charge in [0.25, 0.3) is 6.73 Å². The molecule has 0 aromatic heterocycles. The fraction of sp³-hybridized carbons (Fsp3) is 1.00. The molecular weight excluding hydrogens is 102 g/mol. The van der Waals surface area contributed by atoms with Crippen LogP contribution in [0.5, 0.6) is 0 Å². The first-order valence-corrected chi connectivity index (χ1v) is 3.01. The average molecular weight is 117 g/mol. The third kappa shape index (κ3) is 1.20. The van der Waals surface area contributed by atoms with Gasteiger partial charge in [-0.15, -0.1) is 0 Å². The Morgan fingerprint density at radius 2 is 2.00 bits per heavy atom. The van der Waals surface area contributed by atoms with E-state index in [1.54, 1.807) is 0 Å². The molecule has 1 rings (SSSR count). The Morgan fingerprint density at radius 3 is 2.12 bits per heavy atom. The lowest BCUT2D eigenvalue weighted by molar-refractivity contribution is -0.891. The summed E-state index contributed by atoms with van der Waals surface area (Å²) in [6.07, 6.45) is 0. The van der Waals surface area contributed by atoms with Gasteiger partial charge in [-0.2, -0.15) is 0 Å². The van der Waals surface area contributed by atoms with Crippen LogP contribution >= 0.6 is 0 Å². The molecule has 2 nitrogen and oxygen atoms in total. The minimum atomic E-state index is 1.12. The predicted molar refractivity (Wildman–Crippen MR) is 33.7 cm³/mol. The lowest BCUT2D eigenvalue weighted by atomic mass is 10.6. The first-order chi connectivity index (χ1) is 3.60. The normalized spacial score (nSPS) is 28.9. The Labute approximate surface area is 51.0 Å². The fourth-order valence-corrected chi connectivity index (χ4v) is 1.13. The van der Waals surface area contributed by atoms with Gasteiger partial charge in [0.2, 0.25) is 0 Å². The molecule has 0 saturated carbocycles. The highest BCUT2D eigenvalue weighted by atomic mass is 16.7. The van der Waals surface area contributed by atoms with Gasteiger partial charge < -0.3 is 4.37 Å². The van der Waals surface area contributed by atoms with Gasteiger partial charge in [0.15, 0.2) is 13.2 Å². The molecule has 2 heteroatoms. The van der Waals surface area contributed by atoms with Crippen LogP contribution in [-0.4, -0.2) is 45.6 Å². The van der Waals surface area contributed by atoms with E-state index in [1.165, 1.54) is 13.2 Å². The summed E-state index contributed by atoms with van der Waals surface area (Å²) in [6, 6.07) is 0. The van der Waals surface area contributed by atoms with Gasteiger partial charge in [0.05, 0.1) is 14.1 Å². The molecule has 0 N–H and O–H groups in total. The molecule has 0 aromatic carbocycles. The standard InChI is InChI=1S/C6H15NO/c1-7(2)4-5-8(3)6-7/h4-6H2,1-3H3/q+2. The van der Waals surface area contributed by atoms with Crippen LogP contribution in [0.4, 0.5) is 0 Å². The quantitative estimate of drug-likeness (QED) is 0.315. The number of nitrogens with zero attached hydrogens (tertiary/aromatic N) is 1. The van der Waals surface area contributed by atoms with Crippen molar-refractivity contribution in [2.75, 3.05) is 41.1 Å². The van der Waals surface area contributed by atoms with Gasteiger partial charge in [-0.3, -0.25) is 4.48 Å². The Bertz CT molecular complexity index is 90.5. The Morgan fingerprint density at radius 1 is 1.38 bits per heavy atom. The molecule has 48 valence electrons. The number of likely N-dealkylation sites (N-methyl/N-ethyl adjacent to an activating group) is 1. The summed E-state index contributed by atoms with van der Waals surface area (Å²) < 4.78 is 4.19. The molecule has 0 unspecified atom stereocenters. The van der Waals surface area contributed by atoms with E-state index in [0.29, 0.717) is 0 Å². The molecule has 1 fully saturated rings. The van der Waals surface area contributed by atoms with Gasteiger partial charge in [-0.25, -0.2) is 0 Å². The fourth-order valence-electron chi connectivity index (χ4n) is 1.13. The highest BCUT2D eigenvalue weighted by Gasteiger charge is 2.30. The molecular formula is C6H15NO+2. The van der Waals surface area contributed by atoms with Crippen molar-refractivity contribution in [2.45, 2.75) is 0 Å². The maximum atomic E-state index is 3.06. The molecule has 8 heavy (non-hydrogen) atoms. The van der Waals surface area contributed by atoms with Crippen molar-refractivity contribution in [1.82, 2.24) is 0 Å². The van der Waals surface area contributed by atoms with Crippen LogP contribution in [0.1, 0.15) is 0 Å². The van der Waals surface area contributed by atoms with E-state index in [9.17, 15) is 0 Å². The van der Waals surface area contributed by atoms with E-state index in [-0.39, 0.29) is 0 Å². The number of hydrogen-bond acceptors (Lipinski definition) is 0. The van der Waals surface area contributed by atoms with Crippen molar-refractivity contribution >= 4 is 0 Å². The molecule has 0 bridgehead atoms. The SMILES string of the molecule is C[O+]1CC[N+](C)(C)C1. The summed E-state index contributed by atoms with van der Waals surface area (Å²) in [6.45, 7) is 3.56. The molecule has 1 saturated heterocycles. The zero-order valence-electron chi connectivity index (χ0n) is 5.98. The highest BCUT2D eigenvalue weighted by Crippen LogP contribution is 2.10. The predicted octanol–water partition coefficient (Wildman–Crippen LogP) is 0.216. The lowest BCUT2D eigenvalue weighted by Gasteiger charge is -2.17. The third-order valence-corrected chi connectivity index (χ3v) is 1.61. The number of hydrogen-bond donors (Lipinski definition) is 0. The minimum absolute atomic E-state index is 1.12. The zero-order chi connectivity index (χ0) is 6.20. The maximum Gasteiger partial charge on any atom is 0.277 e. The van der Waals surface area contributed by atoms with Crippen LogP contribution in [0.2, 0.25) is 0 Å². The van der Waals surface area contributed by atoms with Crippen LogP contribution in [0.3, 0.4) is 0 Å². The zero-order valence-corrected chi connectivity index (χ0v) is 5.98. The molecule has 0 aliphatic carbocycles. The van der Waals surface area contributed by atoms with Crippen LogP contribution < -0.4 is 0 Å². The van der Waals surface area contributed by atoms with Crippen LogP contribution in [0.15, 0.2) is 0 Å². The molecule has 1 aliphatic heterocycles. The average Bonchev–Trinajstić information content (AvgIpc) is 1.82. The second-order valence-corrected chi connectivity index (χ2v) is 3.27. The van der Waals surface area contributed by atoms with Crippen molar-refractivity contribution in [3.8, 4) is 0 Å². The topological polar surface area (TPSA) is 2.70 Å². The Kier molecular flexibility index (Phi) is 1.29. The van der Waals surface area contributed by atoms with E-state index in [0.717, 1.165) is 11.2 Å². The summed E-state index contributed by atoms with van der Waals surface area (Å²) in [5.41, 5.74) is 0. The van der Waals surface area contributed by atoms with E-state index in [4.69, 9.17) is 0 Å². The van der Waals surface area contributed by atoms with Gasteiger partial charge >= 0.3 is 0 Å². The summed E-state index contributed by atoms with van der Waals surface area (Å²) >= 11 is 0. The molecule has 1 heterocycles. The molecule has 0 amide bonds. The Balaban J connectivity index is 2.44. The second-order valence-electron chi connectivity index (χ2n) is 3.27. The first kappa shape index (κ1) is 6.05. The highest BCUT2D eigenvalue weighted by molar-refractivity contribution is 4.39. The summed E-state index contributed by atoms with van der Waals surface area (Å²) in [4.78, 5) is 0. The summed E-state index contributed by atoms with van der Waals surface area (Å²) in [5.74, 6) is 0. The smallest absolute Gasteiger partial charge is 0.277 e. The van der Waals surface area contributed by atoms with Crippen molar-refractivity contribution in [2.24, 2.45) is 0 Å². The maximum absolute atomic E-state index is 3.06. The number of quaternary nitrogens is 1. The third-order valence-electron chi connectivity index (χ3n) is 1.61. The Hall–Kier alpha value is -0.0800.